The normalized spacial score (nSPS) is 11.3. The number of carbonyl (C=O) groups is 2. The van der Waals surface area contributed by atoms with E-state index >= 15 is 0 Å². The second-order valence-corrected chi connectivity index (χ2v) is 9.21. The van der Waals surface area contributed by atoms with Crippen LogP contribution in [-0.2, 0) is 16.1 Å². The number of aromatic nitrogens is 4. The molecule has 2 aromatic heterocycles. The van der Waals surface area contributed by atoms with Gasteiger partial charge in [0.15, 0.2) is 5.16 Å². The smallest absolute Gasteiger partial charge is 0.262 e. The second kappa shape index (κ2) is 10.1. The van der Waals surface area contributed by atoms with Gasteiger partial charge >= 0.3 is 0 Å². The molecule has 34 heavy (non-hydrogen) atoms. The molecule has 0 spiro atoms. The molecule has 0 saturated carbocycles. The van der Waals surface area contributed by atoms with E-state index in [9.17, 15) is 14.4 Å². The number of benzene rings is 2. The van der Waals surface area contributed by atoms with E-state index in [2.05, 4.69) is 20.8 Å². The first-order chi connectivity index (χ1) is 16.3. The molecule has 0 aliphatic rings. The van der Waals surface area contributed by atoms with E-state index in [0.717, 1.165) is 11.3 Å². The van der Waals surface area contributed by atoms with Gasteiger partial charge in [0.25, 0.3) is 5.56 Å². The summed E-state index contributed by atoms with van der Waals surface area (Å²) < 4.78 is 3.23. The third-order valence-corrected chi connectivity index (χ3v) is 6.09. The monoisotopic (exact) mass is 478 g/mol. The van der Waals surface area contributed by atoms with Crippen LogP contribution in [0.2, 0.25) is 0 Å². The molecule has 0 atom stereocenters. The minimum Gasteiger partial charge on any atom is -0.354 e. The van der Waals surface area contributed by atoms with Crippen LogP contribution in [0.15, 0.2) is 58.5 Å². The van der Waals surface area contributed by atoms with Gasteiger partial charge in [-0.1, -0.05) is 41.6 Å². The van der Waals surface area contributed by atoms with Crippen LogP contribution in [0.4, 0.5) is 5.69 Å². The maximum Gasteiger partial charge on any atom is 0.262 e. The Kier molecular flexibility index (Phi) is 6.97. The molecule has 4 aromatic rings. The number of thioether (sulfide) groups is 1. The molecule has 0 aliphatic carbocycles. The minimum atomic E-state index is -0.235. The fourth-order valence-corrected chi connectivity index (χ4v) is 4.34. The van der Waals surface area contributed by atoms with Crippen molar-refractivity contribution in [3.05, 3.63) is 64.4 Å². The van der Waals surface area contributed by atoms with Crippen LogP contribution in [0.1, 0.15) is 25.8 Å². The van der Waals surface area contributed by atoms with Crippen molar-refractivity contribution in [2.45, 2.75) is 44.9 Å². The van der Waals surface area contributed by atoms with Crippen LogP contribution in [-0.4, -0.2) is 42.8 Å². The van der Waals surface area contributed by atoms with Crippen LogP contribution in [0.3, 0.4) is 0 Å². The summed E-state index contributed by atoms with van der Waals surface area (Å²) in [6.45, 7) is 5.92. The number of carbonyl (C=O) groups excluding carboxylic acids is 2. The van der Waals surface area contributed by atoms with Crippen molar-refractivity contribution < 1.29 is 9.59 Å². The van der Waals surface area contributed by atoms with Crippen molar-refractivity contribution in [3.8, 4) is 0 Å². The number of anilines is 1. The minimum absolute atomic E-state index is 0.0167. The van der Waals surface area contributed by atoms with Gasteiger partial charge in [-0.15, -0.1) is 10.2 Å². The lowest BCUT2D eigenvalue weighted by Gasteiger charge is -2.12. The summed E-state index contributed by atoms with van der Waals surface area (Å²) in [6.07, 6.45) is 0.139. The Morgan fingerprint density at radius 2 is 1.76 bits per heavy atom. The summed E-state index contributed by atoms with van der Waals surface area (Å²) in [4.78, 5) is 37.8. The first-order valence-corrected chi connectivity index (χ1v) is 12.0. The Balaban J connectivity index is 1.61. The molecule has 0 unspecified atom stereocenters. The summed E-state index contributed by atoms with van der Waals surface area (Å²) in [5.74, 6) is 0.144. The highest BCUT2D eigenvalue weighted by molar-refractivity contribution is 7.99. The largest absolute Gasteiger partial charge is 0.354 e. The fourth-order valence-electron chi connectivity index (χ4n) is 3.60. The number of nitrogens with zero attached hydrogens (tertiary/aromatic N) is 4. The van der Waals surface area contributed by atoms with Crippen LogP contribution in [0.5, 0.6) is 0 Å². The third kappa shape index (κ3) is 5.12. The van der Waals surface area contributed by atoms with Crippen molar-refractivity contribution in [1.82, 2.24) is 24.5 Å². The highest BCUT2D eigenvalue weighted by Crippen LogP contribution is 2.22. The van der Waals surface area contributed by atoms with Crippen LogP contribution < -0.4 is 16.2 Å². The zero-order valence-electron chi connectivity index (χ0n) is 19.2. The van der Waals surface area contributed by atoms with Crippen LogP contribution in [0.25, 0.3) is 16.7 Å². The first-order valence-electron chi connectivity index (χ1n) is 11.0. The maximum absolute atomic E-state index is 13.2. The molecule has 2 heterocycles. The third-order valence-electron chi connectivity index (χ3n) is 5.16. The zero-order chi connectivity index (χ0) is 24.2. The predicted octanol–water partition coefficient (Wildman–Crippen LogP) is 3.00. The summed E-state index contributed by atoms with van der Waals surface area (Å²) >= 11 is 1.23. The number of fused-ring (bicyclic) bond motifs is 3. The maximum atomic E-state index is 13.2. The molecular weight excluding hydrogens is 452 g/mol. The number of hydrogen-bond donors (Lipinski definition) is 2. The van der Waals surface area contributed by atoms with Crippen molar-refractivity contribution in [2.75, 3.05) is 11.1 Å². The molecule has 0 radical (unpaired) electrons. The lowest BCUT2D eigenvalue weighted by Crippen LogP contribution is -2.32. The predicted molar refractivity (Wildman–Crippen MR) is 133 cm³/mol. The number of amides is 2. The van der Waals surface area contributed by atoms with Gasteiger partial charge in [-0.2, -0.15) is 0 Å². The number of aryl methyl sites for hydroxylation is 2. The first kappa shape index (κ1) is 23.5. The van der Waals surface area contributed by atoms with Gasteiger partial charge in [-0.05, 0) is 45.0 Å². The summed E-state index contributed by atoms with van der Waals surface area (Å²) in [5.41, 5.74) is 2.25. The van der Waals surface area contributed by atoms with Gasteiger partial charge in [0.1, 0.15) is 0 Å². The van der Waals surface area contributed by atoms with Gasteiger partial charge < -0.3 is 10.6 Å². The molecule has 10 heteroatoms. The molecule has 0 fully saturated rings. The van der Waals surface area contributed by atoms with E-state index in [1.54, 1.807) is 16.5 Å². The van der Waals surface area contributed by atoms with Crippen molar-refractivity contribution >= 4 is 45.9 Å². The zero-order valence-corrected chi connectivity index (χ0v) is 20.1. The molecule has 176 valence electrons. The Morgan fingerprint density at radius 1 is 1.03 bits per heavy atom. The number of nitrogens with one attached hydrogen (secondary N) is 2. The van der Waals surface area contributed by atoms with Crippen LogP contribution >= 0.6 is 11.8 Å². The van der Waals surface area contributed by atoms with E-state index in [1.165, 1.54) is 16.3 Å². The number of hydrogen-bond acceptors (Lipinski definition) is 6. The molecule has 4 rings (SSSR count). The van der Waals surface area contributed by atoms with Gasteiger partial charge in [0, 0.05) is 24.7 Å². The molecule has 0 saturated heterocycles. The SMILES string of the molecule is Cc1ccc(NC(=O)CSc2nnc3n(CCC(=O)NC(C)C)c(=O)c4ccccc4n23)cc1. The number of para-hydroxylation sites is 1. The lowest BCUT2D eigenvalue weighted by molar-refractivity contribution is -0.121. The number of rotatable bonds is 8. The molecule has 2 N–H and O–H groups in total. The quantitative estimate of drug-likeness (QED) is 0.377. The fraction of sp³-hybridized carbons (Fsp3) is 0.292. The van der Waals surface area contributed by atoms with Crippen molar-refractivity contribution in [2.24, 2.45) is 0 Å². The van der Waals surface area contributed by atoms with Crippen molar-refractivity contribution in [3.63, 3.8) is 0 Å². The topological polar surface area (TPSA) is 110 Å². The Bertz CT molecular complexity index is 1410. The Labute approximate surface area is 200 Å². The molecular formula is C24H26N6O3S. The molecule has 2 amide bonds. The average molecular weight is 479 g/mol. The average Bonchev–Trinajstić information content (AvgIpc) is 3.23. The van der Waals surface area contributed by atoms with E-state index < -0.39 is 0 Å². The van der Waals surface area contributed by atoms with Crippen molar-refractivity contribution in [1.29, 1.82) is 0 Å². The highest BCUT2D eigenvalue weighted by atomic mass is 32.2. The van der Waals surface area contributed by atoms with E-state index in [1.807, 2.05) is 57.2 Å². The summed E-state index contributed by atoms with van der Waals surface area (Å²) in [5, 5.41) is 15.2. The Morgan fingerprint density at radius 3 is 2.50 bits per heavy atom. The van der Waals surface area contributed by atoms with Gasteiger partial charge in [0.2, 0.25) is 17.6 Å². The molecule has 2 aromatic carbocycles. The molecule has 9 nitrogen and oxygen atoms in total. The molecule has 0 aliphatic heterocycles. The second-order valence-electron chi connectivity index (χ2n) is 8.27. The van der Waals surface area contributed by atoms with E-state index in [0.29, 0.717) is 21.8 Å². The summed E-state index contributed by atoms with van der Waals surface area (Å²) in [7, 11) is 0. The summed E-state index contributed by atoms with van der Waals surface area (Å²) in [6, 6.07) is 14.8. The van der Waals surface area contributed by atoms with Gasteiger partial charge in [-0.25, -0.2) is 0 Å². The van der Waals surface area contributed by atoms with E-state index in [4.69, 9.17) is 0 Å². The van der Waals surface area contributed by atoms with Crippen LogP contribution in [0, 0.1) is 6.92 Å². The standard InChI is InChI=1S/C24H26N6O3S/c1-15(2)25-20(31)12-13-29-22(33)18-6-4-5-7-19(18)30-23(29)27-28-24(30)34-14-21(32)26-17-10-8-16(3)9-11-17/h4-11,15H,12-14H2,1-3H3,(H,25,31)(H,26,32). The van der Waals surface area contributed by atoms with E-state index in [-0.39, 0.29) is 42.1 Å². The van der Waals surface area contributed by atoms with Gasteiger partial charge in [-0.3, -0.25) is 23.4 Å². The van der Waals surface area contributed by atoms with Gasteiger partial charge in [0.05, 0.1) is 16.7 Å². The lowest BCUT2D eigenvalue weighted by atomic mass is 10.2. The Hall–Kier alpha value is -3.66. The highest BCUT2D eigenvalue weighted by Gasteiger charge is 2.18. The molecule has 0 bridgehead atoms.